The van der Waals surface area contributed by atoms with E-state index in [1.54, 1.807) is 0 Å². The third-order valence-corrected chi connectivity index (χ3v) is 4.12. The molecule has 1 rings (SSSR count). The van der Waals surface area contributed by atoms with Crippen molar-refractivity contribution in [2.75, 3.05) is 20.1 Å². The summed E-state index contributed by atoms with van der Waals surface area (Å²) in [5.41, 5.74) is 0. The number of rotatable bonds is 5. The average Bonchev–Trinajstić information content (AvgIpc) is 2.30. The Labute approximate surface area is 95.4 Å². The zero-order valence-corrected chi connectivity index (χ0v) is 10.9. The molecule has 0 aliphatic carbocycles. The molecule has 2 atom stereocenters. The summed E-state index contributed by atoms with van der Waals surface area (Å²) in [6, 6.07) is 1.57. The molecule has 90 valence electrons. The first-order chi connectivity index (χ1) is 7.26. The molecule has 2 heteroatoms. The molecular weight excluding hydrogens is 184 g/mol. The fourth-order valence-electron chi connectivity index (χ4n) is 2.99. The molecule has 0 bridgehead atoms. The van der Waals surface area contributed by atoms with Gasteiger partial charge in [0.25, 0.3) is 0 Å². The van der Waals surface area contributed by atoms with Gasteiger partial charge in [-0.3, -0.25) is 0 Å². The maximum Gasteiger partial charge on any atom is 0.0117 e. The Morgan fingerprint density at radius 2 is 1.93 bits per heavy atom. The van der Waals surface area contributed by atoms with E-state index in [1.807, 2.05) is 0 Å². The number of nitrogens with one attached hydrogen (secondary N) is 1. The van der Waals surface area contributed by atoms with Crippen LogP contribution in [0.2, 0.25) is 0 Å². The molecule has 1 aliphatic heterocycles. The summed E-state index contributed by atoms with van der Waals surface area (Å²) in [5, 5.41) is 3.47. The van der Waals surface area contributed by atoms with Crippen LogP contribution in [0, 0.1) is 5.92 Å². The Bertz CT molecular complexity index is 166. The summed E-state index contributed by atoms with van der Waals surface area (Å²) < 4.78 is 0. The fraction of sp³-hybridized carbons (Fsp3) is 1.00. The van der Waals surface area contributed by atoms with Crippen molar-refractivity contribution in [2.24, 2.45) is 5.92 Å². The van der Waals surface area contributed by atoms with Crippen LogP contribution in [0.15, 0.2) is 0 Å². The zero-order valence-electron chi connectivity index (χ0n) is 10.9. The third kappa shape index (κ3) is 3.18. The van der Waals surface area contributed by atoms with Crippen molar-refractivity contribution in [3.05, 3.63) is 0 Å². The summed E-state index contributed by atoms with van der Waals surface area (Å²) in [5.74, 6) is 0.851. The Morgan fingerprint density at radius 1 is 1.27 bits per heavy atom. The zero-order chi connectivity index (χ0) is 11.3. The van der Waals surface area contributed by atoms with Gasteiger partial charge in [-0.1, -0.05) is 27.2 Å². The SMILES string of the molecule is CCC1CN(C(CC)CC)CCC1NC. The summed E-state index contributed by atoms with van der Waals surface area (Å²) in [7, 11) is 2.11. The van der Waals surface area contributed by atoms with E-state index in [4.69, 9.17) is 0 Å². The second-order valence-corrected chi connectivity index (χ2v) is 4.82. The molecule has 1 N–H and O–H groups in total. The molecule has 0 aromatic carbocycles. The minimum Gasteiger partial charge on any atom is -0.317 e. The predicted octanol–water partition coefficient (Wildman–Crippen LogP) is 2.49. The molecule has 1 aliphatic rings. The molecule has 0 saturated carbocycles. The number of hydrogen-bond donors (Lipinski definition) is 1. The molecule has 1 saturated heterocycles. The summed E-state index contributed by atoms with van der Waals surface area (Å²) in [4.78, 5) is 2.71. The highest BCUT2D eigenvalue weighted by Crippen LogP contribution is 2.23. The molecular formula is C13H28N2. The molecule has 0 amide bonds. The molecule has 0 radical (unpaired) electrons. The van der Waals surface area contributed by atoms with Gasteiger partial charge in [-0.05, 0) is 38.8 Å². The minimum atomic E-state index is 0.751. The summed E-state index contributed by atoms with van der Waals surface area (Å²) in [6.07, 6.45) is 5.24. The monoisotopic (exact) mass is 212 g/mol. The van der Waals surface area contributed by atoms with Crippen LogP contribution in [0.5, 0.6) is 0 Å². The Hall–Kier alpha value is -0.0800. The van der Waals surface area contributed by atoms with Crippen molar-refractivity contribution < 1.29 is 0 Å². The maximum atomic E-state index is 3.47. The first-order valence-electron chi connectivity index (χ1n) is 6.68. The van der Waals surface area contributed by atoms with Crippen LogP contribution in [-0.2, 0) is 0 Å². The van der Waals surface area contributed by atoms with Crippen LogP contribution in [-0.4, -0.2) is 37.1 Å². The Kier molecular flexibility index (Phi) is 5.62. The third-order valence-electron chi connectivity index (χ3n) is 4.12. The van der Waals surface area contributed by atoms with Crippen molar-refractivity contribution >= 4 is 0 Å². The molecule has 1 heterocycles. The van der Waals surface area contributed by atoms with Gasteiger partial charge in [-0.25, -0.2) is 0 Å². The standard InChI is InChI=1S/C13H28N2/c1-5-11-10-15(12(6-2)7-3)9-8-13(11)14-4/h11-14H,5-10H2,1-4H3. The van der Waals surface area contributed by atoms with E-state index >= 15 is 0 Å². The highest BCUT2D eigenvalue weighted by atomic mass is 15.2. The molecule has 0 aromatic rings. The van der Waals surface area contributed by atoms with E-state index in [2.05, 4.69) is 38.0 Å². The molecule has 15 heavy (non-hydrogen) atoms. The van der Waals surface area contributed by atoms with Crippen molar-refractivity contribution in [2.45, 2.75) is 58.5 Å². The number of hydrogen-bond acceptors (Lipinski definition) is 2. The van der Waals surface area contributed by atoms with Crippen LogP contribution >= 0.6 is 0 Å². The average molecular weight is 212 g/mol. The van der Waals surface area contributed by atoms with E-state index < -0.39 is 0 Å². The van der Waals surface area contributed by atoms with Gasteiger partial charge >= 0.3 is 0 Å². The lowest BCUT2D eigenvalue weighted by Gasteiger charge is -2.41. The lowest BCUT2D eigenvalue weighted by atomic mass is 9.88. The highest BCUT2D eigenvalue weighted by Gasteiger charge is 2.29. The number of nitrogens with zero attached hydrogens (tertiary/aromatic N) is 1. The quantitative estimate of drug-likeness (QED) is 0.753. The minimum absolute atomic E-state index is 0.751. The molecule has 0 aromatic heterocycles. The molecule has 2 nitrogen and oxygen atoms in total. The predicted molar refractivity (Wildman–Crippen MR) is 67.2 cm³/mol. The van der Waals surface area contributed by atoms with E-state index in [0.29, 0.717) is 0 Å². The first kappa shape index (κ1) is 13.0. The highest BCUT2D eigenvalue weighted by molar-refractivity contribution is 4.86. The number of piperidine rings is 1. The number of likely N-dealkylation sites (tertiary alicyclic amines) is 1. The van der Waals surface area contributed by atoms with Crippen molar-refractivity contribution in [3.63, 3.8) is 0 Å². The van der Waals surface area contributed by atoms with Gasteiger partial charge < -0.3 is 10.2 Å². The van der Waals surface area contributed by atoms with E-state index in [-0.39, 0.29) is 0 Å². The van der Waals surface area contributed by atoms with Gasteiger partial charge in [0.2, 0.25) is 0 Å². The van der Waals surface area contributed by atoms with E-state index in [0.717, 1.165) is 18.0 Å². The molecule has 0 spiro atoms. The lowest BCUT2D eigenvalue weighted by Crippen LogP contribution is -2.51. The van der Waals surface area contributed by atoms with Crippen molar-refractivity contribution in [1.82, 2.24) is 10.2 Å². The fourth-order valence-corrected chi connectivity index (χ4v) is 2.99. The summed E-state index contributed by atoms with van der Waals surface area (Å²) >= 11 is 0. The smallest absolute Gasteiger partial charge is 0.0117 e. The van der Waals surface area contributed by atoms with Gasteiger partial charge in [0.15, 0.2) is 0 Å². The Balaban J connectivity index is 2.51. The van der Waals surface area contributed by atoms with Crippen LogP contribution < -0.4 is 5.32 Å². The van der Waals surface area contributed by atoms with Gasteiger partial charge in [-0.15, -0.1) is 0 Å². The largest absolute Gasteiger partial charge is 0.317 e. The second kappa shape index (κ2) is 6.49. The van der Waals surface area contributed by atoms with E-state index in [1.165, 1.54) is 38.8 Å². The van der Waals surface area contributed by atoms with Crippen LogP contribution in [0.4, 0.5) is 0 Å². The van der Waals surface area contributed by atoms with Gasteiger partial charge in [-0.2, -0.15) is 0 Å². The van der Waals surface area contributed by atoms with Crippen LogP contribution in [0.1, 0.15) is 46.5 Å². The Morgan fingerprint density at radius 3 is 2.40 bits per heavy atom. The van der Waals surface area contributed by atoms with Gasteiger partial charge in [0.05, 0.1) is 0 Å². The second-order valence-electron chi connectivity index (χ2n) is 4.82. The lowest BCUT2D eigenvalue weighted by molar-refractivity contribution is 0.0924. The molecule has 2 unspecified atom stereocenters. The van der Waals surface area contributed by atoms with Crippen molar-refractivity contribution in [1.29, 1.82) is 0 Å². The molecule has 1 fully saturated rings. The van der Waals surface area contributed by atoms with Gasteiger partial charge in [0, 0.05) is 18.6 Å². The maximum absolute atomic E-state index is 3.47. The summed E-state index contributed by atoms with van der Waals surface area (Å²) in [6.45, 7) is 9.55. The van der Waals surface area contributed by atoms with Crippen LogP contribution in [0.3, 0.4) is 0 Å². The van der Waals surface area contributed by atoms with Crippen molar-refractivity contribution in [3.8, 4) is 0 Å². The first-order valence-corrected chi connectivity index (χ1v) is 6.68. The topological polar surface area (TPSA) is 15.3 Å². The van der Waals surface area contributed by atoms with Gasteiger partial charge in [0.1, 0.15) is 0 Å². The van der Waals surface area contributed by atoms with E-state index in [9.17, 15) is 0 Å². The normalized spacial score (nSPS) is 28.6. The van der Waals surface area contributed by atoms with Crippen LogP contribution in [0.25, 0.3) is 0 Å².